The van der Waals surface area contributed by atoms with E-state index in [4.69, 9.17) is 14.5 Å². The Bertz CT molecular complexity index is 1530. The van der Waals surface area contributed by atoms with Gasteiger partial charge in [-0.3, -0.25) is 9.78 Å². The van der Waals surface area contributed by atoms with Crippen LogP contribution in [0.5, 0.6) is 11.6 Å². The van der Waals surface area contributed by atoms with E-state index in [0.29, 0.717) is 49.0 Å². The molecule has 0 atom stereocenters. The minimum absolute atomic E-state index is 0.0398. The zero-order chi connectivity index (χ0) is 23.6. The molecule has 3 aromatic carbocycles. The van der Waals surface area contributed by atoms with Gasteiger partial charge >= 0.3 is 0 Å². The predicted octanol–water partition coefficient (Wildman–Crippen LogP) is 5.11. The van der Waals surface area contributed by atoms with Crippen molar-refractivity contribution in [2.75, 3.05) is 26.3 Å². The molecule has 0 unspecified atom stereocenters. The van der Waals surface area contributed by atoms with E-state index in [1.54, 1.807) is 12.3 Å². The first kappa shape index (κ1) is 21.2. The minimum atomic E-state index is -0.0398. The molecule has 2 aromatic heterocycles. The van der Waals surface area contributed by atoms with Crippen molar-refractivity contribution in [3.63, 3.8) is 0 Å². The van der Waals surface area contributed by atoms with Gasteiger partial charge in [-0.25, -0.2) is 9.97 Å². The van der Waals surface area contributed by atoms with Crippen LogP contribution in [0.2, 0.25) is 0 Å². The van der Waals surface area contributed by atoms with E-state index in [1.807, 2.05) is 77.7 Å². The molecule has 7 heteroatoms. The fourth-order valence-corrected chi connectivity index (χ4v) is 4.23. The van der Waals surface area contributed by atoms with Crippen LogP contribution in [0.1, 0.15) is 10.4 Å². The molecular weight excluding hydrogens is 440 g/mol. The molecule has 1 fully saturated rings. The van der Waals surface area contributed by atoms with E-state index in [-0.39, 0.29) is 5.91 Å². The highest BCUT2D eigenvalue weighted by Gasteiger charge is 2.22. The molecule has 0 spiro atoms. The lowest BCUT2D eigenvalue weighted by Gasteiger charge is -2.27. The average Bonchev–Trinajstić information content (AvgIpc) is 2.93. The number of pyridine rings is 1. The van der Waals surface area contributed by atoms with E-state index < -0.39 is 0 Å². The monoisotopic (exact) mass is 462 g/mol. The topological polar surface area (TPSA) is 77.4 Å². The second-order valence-corrected chi connectivity index (χ2v) is 8.30. The first-order valence-corrected chi connectivity index (χ1v) is 11.5. The fraction of sp³-hybridized carbons (Fsp3) is 0.143. The van der Waals surface area contributed by atoms with Crippen LogP contribution in [0, 0.1) is 0 Å². The number of morpholine rings is 1. The molecule has 0 saturated carbocycles. The van der Waals surface area contributed by atoms with Gasteiger partial charge in [-0.1, -0.05) is 30.3 Å². The van der Waals surface area contributed by atoms with Crippen LogP contribution < -0.4 is 4.74 Å². The number of ether oxygens (including phenoxy) is 2. The number of carbonyl (C=O) groups excluding carboxylic acids is 1. The largest absolute Gasteiger partial charge is 0.439 e. The van der Waals surface area contributed by atoms with Crippen molar-refractivity contribution in [2.24, 2.45) is 0 Å². The number of nitrogens with zero attached hydrogens (tertiary/aromatic N) is 4. The Hall–Kier alpha value is -4.36. The van der Waals surface area contributed by atoms with Gasteiger partial charge in [-0.2, -0.15) is 0 Å². The number of hydrogen-bond acceptors (Lipinski definition) is 6. The Morgan fingerprint density at radius 1 is 0.829 bits per heavy atom. The molecule has 0 N–H and O–H groups in total. The molecular formula is C28H22N4O3. The van der Waals surface area contributed by atoms with Crippen molar-refractivity contribution in [3.8, 4) is 22.9 Å². The summed E-state index contributed by atoms with van der Waals surface area (Å²) in [5.41, 5.74) is 4.73. The SMILES string of the molecule is O=C(c1cc(Oc2ccc(-c3cnc4ccccc4n3)cc2)nc2ccccc12)N1CCOCC1. The number of hydrogen-bond donors (Lipinski definition) is 0. The number of carbonyl (C=O) groups is 1. The summed E-state index contributed by atoms with van der Waals surface area (Å²) < 4.78 is 11.5. The number of aromatic nitrogens is 3. The zero-order valence-electron chi connectivity index (χ0n) is 18.9. The van der Waals surface area contributed by atoms with E-state index in [2.05, 4.69) is 9.97 Å². The Kier molecular flexibility index (Phi) is 5.52. The fourth-order valence-electron chi connectivity index (χ4n) is 4.23. The molecule has 0 radical (unpaired) electrons. The lowest BCUT2D eigenvalue weighted by molar-refractivity contribution is 0.0304. The van der Waals surface area contributed by atoms with Crippen LogP contribution in [0.15, 0.2) is 85.1 Å². The maximum Gasteiger partial charge on any atom is 0.254 e. The first-order chi connectivity index (χ1) is 17.2. The minimum Gasteiger partial charge on any atom is -0.439 e. The summed E-state index contributed by atoms with van der Waals surface area (Å²) in [7, 11) is 0. The Balaban J connectivity index is 1.29. The van der Waals surface area contributed by atoms with Crippen LogP contribution in [-0.4, -0.2) is 52.1 Å². The van der Waals surface area contributed by atoms with E-state index >= 15 is 0 Å². The average molecular weight is 463 g/mol. The van der Waals surface area contributed by atoms with E-state index in [0.717, 1.165) is 27.7 Å². The number of benzene rings is 3. The van der Waals surface area contributed by atoms with Crippen molar-refractivity contribution in [2.45, 2.75) is 0 Å². The second kappa shape index (κ2) is 9.12. The van der Waals surface area contributed by atoms with E-state index in [9.17, 15) is 4.79 Å². The predicted molar refractivity (Wildman–Crippen MR) is 134 cm³/mol. The molecule has 35 heavy (non-hydrogen) atoms. The smallest absolute Gasteiger partial charge is 0.254 e. The Labute approximate surface area is 202 Å². The first-order valence-electron chi connectivity index (χ1n) is 11.5. The highest BCUT2D eigenvalue weighted by molar-refractivity contribution is 6.06. The summed E-state index contributed by atoms with van der Waals surface area (Å²) in [6, 6.07) is 24.7. The molecule has 3 heterocycles. The molecule has 5 aromatic rings. The van der Waals surface area contributed by atoms with Gasteiger partial charge in [0.25, 0.3) is 5.91 Å². The summed E-state index contributed by atoms with van der Waals surface area (Å²) in [5.74, 6) is 0.954. The van der Waals surface area contributed by atoms with Gasteiger partial charge in [0.05, 0.1) is 47.2 Å². The van der Waals surface area contributed by atoms with Gasteiger partial charge in [0.2, 0.25) is 5.88 Å². The molecule has 1 aliphatic rings. The molecule has 6 rings (SSSR count). The molecule has 1 aliphatic heterocycles. The van der Waals surface area contributed by atoms with Crippen LogP contribution in [0.4, 0.5) is 0 Å². The normalized spacial score (nSPS) is 13.8. The third-order valence-electron chi connectivity index (χ3n) is 6.04. The van der Waals surface area contributed by atoms with Crippen molar-refractivity contribution in [1.82, 2.24) is 19.9 Å². The van der Waals surface area contributed by atoms with Gasteiger partial charge in [0.1, 0.15) is 5.75 Å². The lowest BCUT2D eigenvalue weighted by Crippen LogP contribution is -2.40. The molecule has 0 bridgehead atoms. The van der Waals surface area contributed by atoms with Gasteiger partial charge in [-0.15, -0.1) is 0 Å². The summed E-state index contributed by atoms with van der Waals surface area (Å²) in [5, 5.41) is 0.807. The van der Waals surface area contributed by atoms with Gasteiger partial charge in [0.15, 0.2) is 0 Å². The maximum absolute atomic E-state index is 13.3. The second-order valence-electron chi connectivity index (χ2n) is 8.30. The quantitative estimate of drug-likeness (QED) is 0.369. The third kappa shape index (κ3) is 4.29. The number of amides is 1. The number of rotatable bonds is 4. The van der Waals surface area contributed by atoms with Crippen molar-refractivity contribution >= 4 is 27.8 Å². The van der Waals surface area contributed by atoms with Gasteiger partial charge in [0, 0.05) is 30.1 Å². The van der Waals surface area contributed by atoms with Crippen LogP contribution in [0.3, 0.4) is 0 Å². The highest BCUT2D eigenvalue weighted by Crippen LogP contribution is 2.29. The van der Waals surface area contributed by atoms with Crippen molar-refractivity contribution < 1.29 is 14.3 Å². The summed E-state index contributed by atoms with van der Waals surface area (Å²) >= 11 is 0. The number of fused-ring (bicyclic) bond motifs is 2. The van der Waals surface area contributed by atoms with Crippen LogP contribution in [-0.2, 0) is 4.74 Å². The zero-order valence-corrected chi connectivity index (χ0v) is 18.9. The van der Waals surface area contributed by atoms with Crippen LogP contribution in [0.25, 0.3) is 33.2 Å². The van der Waals surface area contributed by atoms with Gasteiger partial charge < -0.3 is 14.4 Å². The third-order valence-corrected chi connectivity index (χ3v) is 6.04. The van der Waals surface area contributed by atoms with Crippen LogP contribution >= 0.6 is 0 Å². The number of para-hydroxylation sites is 3. The Morgan fingerprint density at radius 3 is 2.34 bits per heavy atom. The molecule has 172 valence electrons. The van der Waals surface area contributed by atoms with Crippen molar-refractivity contribution in [3.05, 3.63) is 90.6 Å². The van der Waals surface area contributed by atoms with Gasteiger partial charge in [-0.05, 0) is 42.5 Å². The molecule has 1 saturated heterocycles. The maximum atomic E-state index is 13.3. The summed E-state index contributed by atoms with van der Waals surface area (Å²) in [6.07, 6.45) is 1.77. The summed E-state index contributed by atoms with van der Waals surface area (Å²) in [4.78, 5) is 28.9. The molecule has 1 amide bonds. The standard InChI is InChI=1S/C28H22N4O3/c33-28(32-13-15-34-16-14-32)22-17-27(31-23-6-2-1-5-21(22)23)35-20-11-9-19(10-12-20)26-18-29-24-7-3-4-8-25(24)30-26/h1-12,17-18H,13-16H2. The Morgan fingerprint density at radius 2 is 1.54 bits per heavy atom. The highest BCUT2D eigenvalue weighted by atomic mass is 16.5. The lowest BCUT2D eigenvalue weighted by atomic mass is 10.1. The molecule has 0 aliphatic carbocycles. The van der Waals surface area contributed by atoms with E-state index in [1.165, 1.54) is 0 Å². The van der Waals surface area contributed by atoms with Crippen molar-refractivity contribution in [1.29, 1.82) is 0 Å². The summed E-state index contributed by atoms with van der Waals surface area (Å²) in [6.45, 7) is 2.24. The molecule has 7 nitrogen and oxygen atoms in total.